The number of methoxy groups -OCH3 is 1. The Morgan fingerprint density at radius 2 is 2.12 bits per heavy atom. The largest absolute Gasteiger partial charge is 0.504 e. The minimum atomic E-state index is -0.498. The minimum Gasteiger partial charge on any atom is -0.504 e. The van der Waals surface area contributed by atoms with Crippen molar-refractivity contribution in [3.63, 3.8) is 0 Å². The number of fused-ring (bicyclic) bond motifs is 1. The van der Waals surface area contributed by atoms with Gasteiger partial charge in [-0.15, -0.1) is 0 Å². The van der Waals surface area contributed by atoms with Crippen LogP contribution in [0.1, 0.15) is 44.2 Å². The first-order valence-electron chi connectivity index (χ1n) is 9.69. The van der Waals surface area contributed by atoms with E-state index in [1.807, 2.05) is 19.9 Å². The number of carbonyl (C=O) groups excluding carboxylic acids is 1. The summed E-state index contributed by atoms with van der Waals surface area (Å²) in [5.74, 6) is 0.763. The SMILES string of the molecule is CCO[C@@]12CCC(=O)C(C)[C@@]13CCN(C)[C@@H]2Cc1ccc(OC)c(O)c13. The first-order valence-corrected chi connectivity index (χ1v) is 9.69. The average Bonchev–Trinajstić information content (AvgIpc) is 2.62. The van der Waals surface area contributed by atoms with Gasteiger partial charge in [-0.3, -0.25) is 4.79 Å². The number of phenols is 1. The van der Waals surface area contributed by atoms with Gasteiger partial charge in [-0.1, -0.05) is 13.0 Å². The maximum absolute atomic E-state index is 12.9. The normalized spacial score (nSPS) is 36.4. The van der Waals surface area contributed by atoms with Gasteiger partial charge in [0.05, 0.1) is 12.7 Å². The molecule has 5 heteroatoms. The summed E-state index contributed by atoms with van der Waals surface area (Å²) in [7, 11) is 3.73. The molecule has 1 aromatic rings. The van der Waals surface area contributed by atoms with E-state index in [0.717, 1.165) is 36.9 Å². The third-order valence-electron chi connectivity index (χ3n) is 7.36. The van der Waals surface area contributed by atoms with E-state index in [1.54, 1.807) is 7.11 Å². The number of rotatable bonds is 3. The van der Waals surface area contributed by atoms with Crippen LogP contribution in [0.5, 0.6) is 11.5 Å². The molecule has 2 fully saturated rings. The van der Waals surface area contributed by atoms with Gasteiger partial charge in [-0.25, -0.2) is 0 Å². The summed E-state index contributed by atoms with van der Waals surface area (Å²) in [5, 5.41) is 11.1. The number of likely N-dealkylation sites (N-methyl/N-ethyl adjacent to an activating group) is 1. The van der Waals surface area contributed by atoms with Crippen LogP contribution in [0.4, 0.5) is 0 Å². The Hall–Kier alpha value is -1.59. The van der Waals surface area contributed by atoms with Gasteiger partial charge in [0.15, 0.2) is 11.5 Å². The number of aromatic hydroxyl groups is 1. The second-order valence-corrected chi connectivity index (χ2v) is 8.08. The van der Waals surface area contributed by atoms with E-state index in [-0.39, 0.29) is 23.5 Å². The van der Waals surface area contributed by atoms with Gasteiger partial charge in [0, 0.05) is 36.0 Å². The molecule has 1 saturated carbocycles. The lowest BCUT2D eigenvalue weighted by Crippen LogP contribution is -2.75. The van der Waals surface area contributed by atoms with Crippen molar-refractivity contribution >= 4 is 5.78 Å². The minimum absolute atomic E-state index is 0.184. The fourth-order valence-electron chi connectivity index (χ4n) is 6.23. The molecule has 1 heterocycles. The zero-order valence-corrected chi connectivity index (χ0v) is 16.2. The molecule has 2 aliphatic carbocycles. The highest BCUT2D eigenvalue weighted by molar-refractivity contribution is 5.85. The van der Waals surface area contributed by atoms with Crippen LogP contribution in [-0.2, 0) is 21.4 Å². The number of likely N-dealkylation sites (tertiary alicyclic amines) is 1. The van der Waals surface area contributed by atoms with Gasteiger partial charge < -0.3 is 19.5 Å². The van der Waals surface area contributed by atoms with E-state index >= 15 is 0 Å². The fraction of sp³-hybridized carbons (Fsp3) is 0.667. The fourth-order valence-corrected chi connectivity index (χ4v) is 6.23. The van der Waals surface area contributed by atoms with E-state index in [9.17, 15) is 9.90 Å². The van der Waals surface area contributed by atoms with Crippen molar-refractivity contribution in [1.82, 2.24) is 4.90 Å². The Labute approximate surface area is 155 Å². The van der Waals surface area contributed by atoms with Crippen molar-refractivity contribution in [3.8, 4) is 11.5 Å². The molecule has 1 aliphatic heterocycles. The number of hydrogen-bond donors (Lipinski definition) is 1. The number of nitrogens with zero attached hydrogens (tertiary/aromatic N) is 1. The van der Waals surface area contributed by atoms with Crippen LogP contribution >= 0.6 is 0 Å². The van der Waals surface area contributed by atoms with Gasteiger partial charge in [-0.05, 0) is 51.4 Å². The summed E-state index contributed by atoms with van der Waals surface area (Å²) in [6, 6.07) is 4.11. The lowest BCUT2D eigenvalue weighted by atomic mass is 9.45. The Balaban J connectivity index is 2.06. The number of hydrogen-bond acceptors (Lipinski definition) is 5. The number of Topliss-reactive ketones (excluding diaryl/α,β-unsaturated/α-hetero) is 1. The molecular weight excluding hydrogens is 330 g/mol. The summed E-state index contributed by atoms with van der Waals surface area (Å²) in [6.07, 6.45) is 2.90. The van der Waals surface area contributed by atoms with Crippen molar-refractivity contribution in [2.45, 2.75) is 56.6 Å². The van der Waals surface area contributed by atoms with Crippen LogP contribution in [0.25, 0.3) is 0 Å². The molecule has 1 saturated heterocycles. The van der Waals surface area contributed by atoms with Crippen LogP contribution in [0, 0.1) is 5.92 Å². The molecule has 142 valence electrons. The number of ether oxygens (including phenoxy) is 2. The summed E-state index contributed by atoms with van der Waals surface area (Å²) in [5.41, 5.74) is 1.08. The molecule has 5 nitrogen and oxygen atoms in total. The maximum atomic E-state index is 12.9. The average molecular weight is 359 g/mol. The molecule has 1 N–H and O–H groups in total. The molecular formula is C21H29NO4. The van der Waals surface area contributed by atoms with Crippen LogP contribution in [0.15, 0.2) is 12.1 Å². The highest BCUT2D eigenvalue weighted by atomic mass is 16.5. The number of carbonyl (C=O) groups is 1. The third kappa shape index (κ3) is 1.96. The molecule has 2 bridgehead atoms. The van der Waals surface area contributed by atoms with E-state index < -0.39 is 11.0 Å². The van der Waals surface area contributed by atoms with Crippen molar-refractivity contribution < 1.29 is 19.4 Å². The number of phenolic OH excluding ortho intramolecular Hbond substituents is 1. The quantitative estimate of drug-likeness (QED) is 0.899. The molecule has 4 rings (SSSR count). The van der Waals surface area contributed by atoms with Gasteiger partial charge in [-0.2, -0.15) is 0 Å². The summed E-state index contributed by atoms with van der Waals surface area (Å²) < 4.78 is 12.0. The first-order chi connectivity index (χ1) is 12.4. The van der Waals surface area contributed by atoms with E-state index in [4.69, 9.17) is 9.47 Å². The van der Waals surface area contributed by atoms with Crippen molar-refractivity contribution in [2.75, 3.05) is 27.3 Å². The van der Waals surface area contributed by atoms with Crippen molar-refractivity contribution in [2.24, 2.45) is 5.92 Å². The maximum Gasteiger partial charge on any atom is 0.161 e. The van der Waals surface area contributed by atoms with Crippen molar-refractivity contribution in [1.29, 1.82) is 0 Å². The van der Waals surface area contributed by atoms with Gasteiger partial charge >= 0.3 is 0 Å². The molecule has 0 radical (unpaired) electrons. The molecule has 0 aromatic heterocycles. The Bertz CT molecular complexity index is 748. The summed E-state index contributed by atoms with van der Waals surface area (Å²) in [6.45, 7) is 5.56. The molecule has 1 unspecified atom stereocenters. The highest BCUT2D eigenvalue weighted by Crippen LogP contribution is 2.63. The lowest BCUT2D eigenvalue weighted by Gasteiger charge is -2.66. The smallest absolute Gasteiger partial charge is 0.161 e. The summed E-state index contributed by atoms with van der Waals surface area (Å²) >= 11 is 0. The molecule has 26 heavy (non-hydrogen) atoms. The highest BCUT2D eigenvalue weighted by Gasteiger charge is 2.69. The van der Waals surface area contributed by atoms with Crippen molar-refractivity contribution in [3.05, 3.63) is 23.3 Å². The van der Waals surface area contributed by atoms with Crippen LogP contribution in [0.2, 0.25) is 0 Å². The third-order valence-corrected chi connectivity index (χ3v) is 7.36. The standard InChI is InChI=1S/C21H29NO4/c1-5-26-21-9-8-15(23)13(2)20(21)10-11-22(3)17(21)12-14-6-7-16(25-4)19(24)18(14)20/h6-7,13,17,24H,5,8-12H2,1-4H3/t13?,17-,20-,21-/m1/s1. The summed E-state index contributed by atoms with van der Waals surface area (Å²) in [4.78, 5) is 15.3. The molecule has 3 aliphatic rings. The monoisotopic (exact) mass is 359 g/mol. The van der Waals surface area contributed by atoms with Crippen LogP contribution in [0.3, 0.4) is 0 Å². The second kappa shape index (κ2) is 5.96. The zero-order chi connectivity index (χ0) is 18.7. The van der Waals surface area contributed by atoms with Gasteiger partial charge in [0.1, 0.15) is 5.78 Å². The van der Waals surface area contributed by atoms with Gasteiger partial charge in [0.2, 0.25) is 0 Å². The lowest BCUT2D eigenvalue weighted by molar-refractivity contribution is -0.207. The predicted octanol–water partition coefficient (Wildman–Crippen LogP) is 2.67. The van der Waals surface area contributed by atoms with E-state index in [2.05, 4.69) is 18.0 Å². The molecule has 0 amide bonds. The van der Waals surface area contributed by atoms with Crippen LogP contribution < -0.4 is 4.74 Å². The number of ketones is 1. The predicted molar refractivity (Wildman–Crippen MR) is 98.8 cm³/mol. The Morgan fingerprint density at radius 3 is 2.81 bits per heavy atom. The molecule has 4 atom stereocenters. The molecule has 0 spiro atoms. The zero-order valence-electron chi connectivity index (χ0n) is 16.2. The van der Waals surface area contributed by atoms with E-state index in [0.29, 0.717) is 18.8 Å². The van der Waals surface area contributed by atoms with Crippen LogP contribution in [-0.4, -0.2) is 54.7 Å². The topological polar surface area (TPSA) is 59.0 Å². The first kappa shape index (κ1) is 17.8. The van der Waals surface area contributed by atoms with Gasteiger partial charge in [0.25, 0.3) is 0 Å². The van der Waals surface area contributed by atoms with E-state index in [1.165, 1.54) is 0 Å². The number of piperidine rings is 1. The molecule has 1 aromatic carbocycles. The number of benzene rings is 1. The Kier molecular flexibility index (Phi) is 4.08. The Morgan fingerprint density at radius 1 is 1.35 bits per heavy atom. The second-order valence-electron chi connectivity index (χ2n) is 8.08.